The summed E-state index contributed by atoms with van der Waals surface area (Å²) in [6.45, 7) is 1.42. The smallest absolute Gasteiger partial charge is 0.0278 e. The summed E-state index contributed by atoms with van der Waals surface area (Å²) in [6, 6.07) is 0. The molecule has 0 saturated heterocycles. The van der Waals surface area contributed by atoms with Crippen LogP contribution >= 0.6 is 0 Å². The monoisotopic (exact) mass is 157 g/mol. The van der Waals surface area contributed by atoms with Gasteiger partial charge in [0.05, 0.1) is 0 Å². The van der Waals surface area contributed by atoms with Crippen LogP contribution in [0.1, 0.15) is 25.7 Å². The number of hydrogen-bond acceptors (Lipinski definition) is 3. The van der Waals surface area contributed by atoms with Crippen molar-refractivity contribution in [3.05, 3.63) is 0 Å². The Morgan fingerprint density at radius 2 is 1.73 bits per heavy atom. The third kappa shape index (κ3) is 2.15. The SMILES string of the molecule is NCC1CCC(N)(CN)CC1. The molecule has 0 bridgehead atoms. The fourth-order valence-electron chi connectivity index (χ4n) is 1.69. The van der Waals surface area contributed by atoms with Gasteiger partial charge in [0.15, 0.2) is 0 Å². The minimum absolute atomic E-state index is 0.0777. The molecule has 3 nitrogen and oxygen atoms in total. The van der Waals surface area contributed by atoms with Gasteiger partial charge in [-0.05, 0) is 38.1 Å². The second-order valence-corrected chi connectivity index (χ2v) is 3.75. The first kappa shape index (κ1) is 8.97. The maximum Gasteiger partial charge on any atom is 0.0278 e. The molecule has 0 aromatic heterocycles. The van der Waals surface area contributed by atoms with Crippen LogP contribution in [-0.2, 0) is 0 Å². The number of hydrogen-bond donors (Lipinski definition) is 3. The van der Waals surface area contributed by atoms with Gasteiger partial charge >= 0.3 is 0 Å². The predicted octanol–water partition coefficient (Wildman–Crippen LogP) is -0.208. The quantitative estimate of drug-likeness (QED) is 0.519. The fourth-order valence-corrected chi connectivity index (χ4v) is 1.69. The maximum absolute atomic E-state index is 6.01. The van der Waals surface area contributed by atoms with Crippen LogP contribution in [0.15, 0.2) is 0 Å². The summed E-state index contributed by atoms with van der Waals surface area (Å²) in [5.41, 5.74) is 17.1. The summed E-state index contributed by atoms with van der Waals surface area (Å²) in [5, 5.41) is 0. The first-order valence-electron chi connectivity index (χ1n) is 4.39. The van der Waals surface area contributed by atoms with Crippen LogP contribution in [0.5, 0.6) is 0 Å². The van der Waals surface area contributed by atoms with E-state index in [1.165, 1.54) is 0 Å². The van der Waals surface area contributed by atoms with E-state index in [1.54, 1.807) is 0 Å². The molecule has 6 N–H and O–H groups in total. The molecule has 1 aliphatic carbocycles. The van der Waals surface area contributed by atoms with Crippen LogP contribution < -0.4 is 17.2 Å². The summed E-state index contributed by atoms with van der Waals surface area (Å²) in [4.78, 5) is 0. The van der Waals surface area contributed by atoms with E-state index in [4.69, 9.17) is 17.2 Å². The minimum Gasteiger partial charge on any atom is -0.330 e. The van der Waals surface area contributed by atoms with E-state index in [9.17, 15) is 0 Å². The van der Waals surface area contributed by atoms with Gasteiger partial charge in [0, 0.05) is 12.1 Å². The fraction of sp³-hybridized carbons (Fsp3) is 1.00. The Morgan fingerprint density at radius 3 is 2.09 bits per heavy atom. The molecule has 0 spiro atoms. The highest BCUT2D eigenvalue weighted by atomic mass is 14.8. The topological polar surface area (TPSA) is 78.1 Å². The molecule has 1 saturated carbocycles. The zero-order chi connectivity index (χ0) is 8.32. The molecule has 0 aliphatic heterocycles. The lowest BCUT2D eigenvalue weighted by atomic mass is 9.77. The molecule has 1 aliphatic rings. The Morgan fingerprint density at radius 1 is 1.18 bits per heavy atom. The van der Waals surface area contributed by atoms with Crippen LogP contribution in [0.2, 0.25) is 0 Å². The normalized spacial score (nSPS) is 39.0. The van der Waals surface area contributed by atoms with Gasteiger partial charge in [0.25, 0.3) is 0 Å². The van der Waals surface area contributed by atoms with Crippen molar-refractivity contribution in [3.8, 4) is 0 Å². The molecule has 3 heteroatoms. The molecule has 66 valence electrons. The lowest BCUT2D eigenvalue weighted by Crippen LogP contribution is -2.50. The van der Waals surface area contributed by atoms with Crippen molar-refractivity contribution in [2.45, 2.75) is 31.2 Å². The first-order chi connectivity index (χ1) is 5.20. The highest BCUT2D eigenvalue weighted by Gasteiger charge is 2.29. The van der Waals surface area contributed by atoms with Crippen molar-refractivity contribution in [2.75, 3.05) is 13.1 Å². The molecule has 0 unspecified atom stereocenters. The average Bonchev–Trinajstić information content (AvgIpc) is 2.06. The number of nitrogens with two attached hydrogens (primary N) is 3. The van der Waals surface area contributed by atoms with Gasteiger partial charge < -0.3 is 17.2 Å². The Kier molecular flexibility index (Phi) is 2.87. The van der Waals surface area contributed by atoms with E-state index < -0.39 is 0 Å². The van der Waals surface area contributed by atoms with Crippen molar-refractivity contribution < 1.29 is 0 Å². The molecule has 0 amide bonds. The van der Waals surface area contributed by atoms with Crippen molar-refractivity contribution in [2.24, 2.45) is 23.1 Å². The lowest BCUT2D eigenvalue weighted by Gasteiger charge is -2.35. The van der Waals surface area contributed by atoms with Crippen molar-refractivity contribution in [1.29, 1.82) is 0 Å². The zero-order valence-electron chi connectivity index (χ0n) is 7.05. The van der Waals surface area contributed by atoms with Crippen molar-refractivity contribution >= 4 is 0 Å². The van der Waals surface area contributed by atoms with Gasteiger partial charge in [-0.25, -0.2) is 0 Å². The van der Waals surface area contributed by atoms with Crippen LogP contribution in [0, 0.1) is 5.92 Å². The van der Waals surface area contributed by atoms with Gasteiger partial charge in [-0.2, -0.15) is 0 Å². The highest BCUT2D eigenvalue weighted by Crippen LogP contribution is 2.28. The van der Waals surface area contributed by atoms with E-state index in [-0.39, 0.29) is 5.54 Å². The van der Waals surface area contributed by atoms with Gasteiger partial charge in [-0.1, -0.05) is 0 Å². The molecule has 11 heavy (non-hydrogen) atoms. The van der Waals surface area contributed by atoms with Crippen molar-refractivity contribution in [1.82, 2.24) is 0 Å². The molecule has 0 radical (unpaired) electrons. The van der Waals surface area contributed by atoms with Crippen LogP contribution in [0.4, 0.5) is 0 Å². The average molecular weight is 157 g/mol. The molecule has 0 atom stereocenters. The third-order valence-electron chi connectivity index (χ3n) is 2.84. The summed E-state index contributed by atoms with van der Waals surface area (Å²) >= 11 is 0. The molecule has 0 heterocycles. The summed E-state index contributed by atoms with van der Waals surface area (Å²) < 4.78 is 0. The standard InChI is InChI=1S/C8H19N3/c9-5-7-1-3-8(11,6-10)4-2-7/h7H,1-6,9-11H2. The third-order valence-corrected chi connectivity index (χ3v) is 2.84. The lowest BCUT2D eigenvalue weighted by molar-refractivity contribution is 0.244. The minimum atomic E-state index is -0.0777. The van der Waals surface area contributed by atoms with Crippen molar-refractivity contribution in [3.63, 3.8) is 0 Å². The largest absolute Gasteiger partial charge is 0.330 e. The van der Waals surface area contributed by atoms with Crippen LogP contribution in [0.3, 0.4) is 0 Å². The molecule has 1 fully saturated rings. The zero-order valence-corrected chi connectivity index (χ0v) is 7.05. The molecular weight excluding hydrogens is 138 g/mol. The maximum atomic E-state index is 6.01. The van der Waals surface area contributed by atoms with E-state index in [0.717, 1.165) is 32.2 Å². The van der Waals surface area contributed by atoms with E-state index in [2.05, 4.69) is 0 Å². The Labute approximate surface area is 68.3 Å². The molecular formula is C8H19N3. The Bertz CT molecular complexity index is 117. The second kappa shape index (κ2) is 3.52. The first-order valence-corrected chi connectivity index (χ1v) is 4.39. The Balaban J connectivity index is 2.35. The summed E-state index contributed by atoms with van der Waals surface area (Å²) in [5.74, 6) is 0.693. The van der Waals surface area contributed by atoms with Gasteiger partial charge in [0.1, 0.15) is 0 Å². The van der Waals surface area contributed by atoms with Crippen LogP contribution in [-0.4, -0.2) is 18.6 Å². The van der Waals surface area contributed by atoms with E-state index in [1.807, 2.05) is 0 Å². The molecule has 0 aromatic rings. The molecule has 1 rings (SSSR count). The van der Waals surface area contributed by atoms with Gasteiger partial charge in [0.2, 0.25) is 0 Å². The van der Waals surface area contributed by atoms with E-state index >= 15 is 0 Å². The van der Waals surface area contributed by atoms with Gasteiger partial charge in [-0.3, -0.25) is 0 Å². The highest BCUT2D eigenvalue weighted by molar-refractivity contribution is 4.90. The van der Waals surface area contributed by atoms with Crippen LogP contribution in [0.25, 0.3) is 0 Å². The summed E-state index contributed by atoms with van der Waals surface area (Å²) in [6.07, 6.45) is 4.41. The van der Waals surface area contributed by atoms with E-state index in [0.29, 0.717) is 12.5 Å². The number of rotatable bonds is 2. The summed E-state index contributed by atoms with van der Waals surface area (Å²) in [7, 11) is 0. The molecule has 0 aromatic carbocycles. The van der Waals surface area contributed by atoms with Gasteiger partial charge in [-0.15, -0.1) is 0 Å². The Hall–Kier alpha value is -0.120. The predicted molar refractivity (Wildman–Crippen MR) is 47.0 cm³/mol. The second-order valence-electron chi connectivity index (χ2n) is 3.75.